The average Bonchev–Trinajstić information content (AvgIpc) is 2.27. The minimum Gasteiger partial charge on any atom is -0.392 e. The molecule has 0 spiro atoms. The fourth-order valence-corrected chi connectivity index (χ4v) is 1.61. The molecule has 68 valence electrons. The molecule has 1 rings (SSSR count). The molecule has 0 saturated carbocycles. The van der Waals surface area contributed by atoms with Crippen LogP contribution in [-0.2, 0) is 0 Å². The maximum atomic E-state index is 9.51. The number of nitrogens with zero attached hydrogens (tertiary/aromatic N) is 2. The molecule has 1 fully saturated rings. The molecule has 0 radical (unpaired) electrons. The largest absolute Gasteiger partial charge is 0.392 e. The van der Waals surface area contributed by atoms with E-state index < -0.39 is 6.10 Å². The van der Waals surface area contributed by atoms with Crippen LogP contribution in [0.25, 0.3) is 0 Å². The molecular weight excluding hydrogens is 152 g/mol. The Labute approximate surface area is 73.6 Å². The van der Waals surface area contributed by atoms with E-state index in [-0.39, 0.29) is 5.92 Å². The normalized spacial score (nSPS) is 32.4. The molecule has 2 unspecified atom stereocenters. The van der Waals surface area contributed by atoms with Gasteiger partial charge >= 0.3 is 0 Å². The Morgan fingerprint density at radius 1 is 1.50 bits per heavy atom. The molecule has 0 bridgehead atoms. The highest BCUT2D eigenvalue weighted by atomic mass is 16.3. The first-order valence-corrected chi connectivity index (χ1v) is 4.58. The molecular formula is C9H16N2O. The lowest BCUT2D eigenvalue weighted by molar-refractivity contribution is 0.127. The quantitative estimate of drug-likeness (QED) is 0.623. The van der Waals surface area contributed by atoms with E-state index in [9.17, 15) is 5.11 Å². The van der Waals surface area contributed by atoms with E-state index in [1.807, 2.05) is 0 Å². The van der Waals surface area contributed by atoms with E-state index in [1.54, 1.807) is 0 Å². The van der Waals surface area contributed by atoms with Crippen LogP contribution in [-0.4, -0.2) is 35.7 Å². The molecule has 0 aromatic carbocycles. The van der Waals surface area contributed by atoms with Crippen LogP contribution in [0.3, 0.4) is 0 Å². The van der Waals surface area contributed by atoms with Crippen molar-refractivity contribution in [1.29, 1.82) is 5.26 Å². The summed E-state index contributed by atoms with van der Waals surface area (Å²) in [7, 11) is 0. The first-order chi connectivity index (χ1) is 5.77. The standard InChI is InChI=1S/C9H16N2O/c1-2-11-5-3-8(7-10)9(12)4-6-11/h8-9,12H,2-6H2,1H3. The van der Waals surface area contributed by atoms with E-state index >= 15 is 0 Å². The van der Waals surface area contributed by atoms with Gasteiger partial charge in [-0.2, -0.15) is 5.26 Å². The second-order valence-corrected chi connectivity index (χ2v) is 3.31. The molecule has 1 heterocycles. The highest BCUT2D eigenvalue weighted by Crippen LogP contribution is 2.16. The molecule has 12 heavy (non-hydrogen) atoms. The fraction of sp³-hybridized carbons (Fsp3) is 0.889. The SMILES string of the molecule is CCN1CCC(O)C(C#N)CC1. The summed E-state index contributed by atoms with van der Waals surface area (Å²) in [5.41, 5.74) is 0. The summed E-state index contributed by atoms with van der Waals surface area (Å²) in [4.78, 5) is 2.28. The van der Waals surface area contributed by atoms with Gasteiger partial charge in [0, 0.05) is 6.54 Å². The van der Waals surface area contributed by atoms with Crippen LogP contribution >= 0.6 is 0 Å². The molecule has 0 aliphatic carbocycles. The van der Waals surface area contributed by atoms with Crippen LogP contribution in [0.1, 0.15) is 19.8 Å². The summed E-state index contributed by atoms with van der Waals surface area (Å²) in [5, 5.41) is 18.2. The number of nitriles is 1. The Bertz CT molecular complexity index is 176. The van der Waals surface area contributed by atoms with Gasteiger partial charge in [0.05, 0.1) is 18.1 Å². The molecule has 0 aromatic rings. The Morgan fingerprint density at radius 2 is 2.17 bits per heavy atom. The number of aliphatic hydroxyl groups is 1. The molecule has 1 saturated heterocycles. The molecule has 3 heteroatoms. The predicted molar refractivity (Wildman–Crippen MR) is 46.5 cm³/mol. The van der Waals surface area contributed by atoms with Gasteiger partial charge in [0.15, 0.2) is 0 Å². The van der Waals surface area contributed by atoms with Crippen molar-refractivity contribution in [2.75, 3.05) is 19.6 Å². The van der Waals surface area contributed by atoms with Gasteiger partial charge in [-0.05, 0) is 25.9 Å². The van der Waals surface area contributed by atoms with Crippen LogP contribution in [0.5, 0.6) is 0 Å². The monoisotopic (exact) mass is 168 g/mol. The highest BCUT2D eigenvalue weighted by Gasteiger charge is 2.23. The molecule has 1 aliphatic heterocycles. The summed E-state index contributed by atoms with van der Waals surface area (Å²) in [6, 6.07) is 2.16. The maximum Gasteiger partial charge on any atom is 0.0735 e. The third-order valence-corrected chi connectivity index (χ3v) is 2.57. The fourth-order valence-electron chi connectivity index (χ4n) is 1.61. The Balaban J connectivity index is 2.48. The summed E-state index contributed by atoms with van der Waals surface area (Å²) in [6.45, 7) is 5.01. The molecule has 1 aliphatic rings. The van der Waals surface area contributed by atoms with Gasteiger partial charge in [-0.1, -0.05) is 6.92 Å². The van der Waals surface area contributed by atoms with Crippen LogP contribution < -0.4 is 0 Å². The van der Waals surface area contributed by atoms with E-state index in [2.05, 4.69) is 17.9 Å². The van der Waals surface area contributed by atoms with Gasteiger partial charge in [-0.3, -0.25) is 0 Å². The highest BCUT2D eigenvalue weighted by molar-refractivity contribution is 4.90. The topological polar surface area (TPSA) is 47.3 Å². The van der Waals surface area contributed by atoms with Crippen LogP contribution in [0.2, 0.25) is 0 Å². The maximum absolute atomic E-state index is 9.51. The van der Waals surface area contributed by atoms with Crippen molar-refractivity contribution in [3.8, 4) is 6.07 Å². The van der Waals surface area contributed by atoms with Gasteiger partial charge in [0.2, 0.25) is 0 Å². The minimum absolute atomic E-state index is 0.151. The van der Waals surface area contributed by atoms with Crippen molar-refractivity contribution in [2.24, 2.45) is 5.92 Å². The van der Waals surface area contributed by atoms with E-state index in [4.69, 9.17) is 5.26 Å². The predicted octanol–water partition coefficient (Wildman–Crippen LogP) is 0.603. The molecule has 0 aromatic heterocycles. The van der Waals surface area contributed by atoms with Crippen molar-refractivity contribution in [2.45, 2.75) is 25.9 Å². The van der Waals surface area contributed by atoms with Gasteiger partial charge in [-0.15, -0.1) is 0 Å². The third kappa shape index (κ3) is 2.20. The third-order valence-electron chi connectivity index (χ3n) is 2.57. The second kappa shape index (κ2) is 4.44. The number of rotatable bonds is 1. The Kier molecular flexibility index (Phi) is 3.51. The van der Waals surface area contributed by atoms with Gasteiger partial charge in [0.25, 0.3) is 0 Å². The zero-order valence-corrected chi connectivity index (χ0v) is 7.53. The number of hydrogen-bond donors (Lipinski definition) is 1. The van der Waals surface area contributed by atoms with Crippen molar-refractivity contribution in [3.05, 3.63) is 0 Å². The molecule has 0 amide bonds. The van der Waals surface area contributed by atoms with Gasteiger partial charge < -0.3 is 10.0 Å². The average molecular weight is 168 g/mol. The minimum atomic E-state index is -0.411. The van der Waals surface area contributed by atoms with Crippen LogP contribution in [0.15, 0.2) is 0 Å². The number of likely N-dealkylation sites (tertiary alicyclic amines) is 1. The van der Waals surface area contributed by atoms with E-state index in [0.29, 0.717) is 0 Å². The van der Waals surface area contributed by atoms with Crippen LogP contribution in [0, 0.1) is 17.2 Å². The summed E-state index contributed by atoms with van der Waals surface area (Å²) >= 11 is 0. The van der Waals surface area contributed by atoms with Crippen molar-refractivity contribution in [1.82, 2.24) is 4.90 Å². The lowest BCUT2D eigenvalue weighted by Gasteiger charge is -2.16. The van der Waals surface area contributed by atoms with Crippen LogP contribution in [0.4, 0.5) is 0 Å². The number of aliphatic hydroxyl groups excluding tert-OH is 1. The molecule has 2 atom stereocenters. The summed E-state index contributed by atoms with van der Waals surface area (Å²) in [5.74, 6) is -0.151. The Morgan fingerprint density at radius 3 is 2.75 bits per heavy atom. The van der Waals surface area contributed by atoms with Gasteiger partial charge in [-0.25, -0.2) is 0 Å². The smallest absolute Gasteiger partial charge is 0.0735 e. The zero-order valence-electron chi connectivity index (χ0n) is 7.53. The number of hydrogen-bond acceptors (Lipinski definition) is 3. The van der Waals surface area contributed by atoms with Crippen molar-refractivity contribution >= 4 is 0 Å². The summed E-state index contributed by atoms with van der Waals surface area (Å²) < 4.78 is 0. The van der Waals surface area contributed by atoms with E-state index in [1.165, 1.54) is 0 Å². The lowest BCUT2D eigenvalue weighted by atomic mass is 10.00. The molecule has 1 N–H and O–H groups in total. The molecule has 3 nitrogen and oxygen atoms in total. The summed E-state index contributed by atoms with van der Waals surface area (Å²) in [6.07, 6.45) is 1.14. The first-order valence-electron chi connectivity index (χ1n) is 4.58. The zero-order chi connectivity index (χ0) is 8.97. The van der Waals surface area contributed by atoms with Gasteiger partial charge in [0.1, 0.15) is 0 Å². The van der Waals surface area contributed by atoms with Crippen molar-refractivity contribution < 1.29 is 5.11 Å². The van der Waals surface area contributed by atoms with Crippen molar-refractivity contribution in [3.63, 3.8) is 0 Å². The lowest BCUT2D eigenvalue weighted by Crippen LogP contribution is -2.24. The Hall–Kier alpha value is -0.590. The second-order valence-electron chi connectivity index (χ2n) is 3.31. The first kappa shape index (κ1) is 9.50. The van der Waals surface area contributed by atoms with E-state index in [0.717, 1.165) is 32.5 Å².